The first-order valence-corrected chi connectivity index (χ1v) is 4.10. The summed E-state index contributed by atoms with van der Waals surface area (Å²) in [6.45, 7) is 2.28. The molecule has 0 aromatic rings. The topological polar surface area (TPSA) is 0 Å². The molecule has 1 heterocycles. The lowest BCUT2D eigenvalue weighted by molar-refractivity contribution is 1.52. The summed E-state index contributed by atoms with van der Waals surface area (Å²) in [6, 6.07) is 0. The maximum absolute atomic E-state index is 2.45. The molecule has 0 saturated heterocycles. The highest BCUT2D eigenvalue weighted by atomic mass is 31.1. The molecule has 0 spiro atoms. The average molecular weight is 88.1 g/mol. The van der Waals surface area contributed by atoms with E-state index in [9.17, 15) is 0 Å². The molecule has 0 fully saturated rings. The summed E-state index contributed by atoms with van der Waals surface area (Å²) >= 11 is 0. The minimum Gasteiger partial charge on any atom is -0.118 e. The highest BCUT2D eigenvalue weighted by molar-refractivity contribution is 7.67. The van der Waals surface area contributed by atoms with Crippen LogP contribution in [0.3, 0.4) is 0 Å². The van der Waals surface area contributed by atoms with Crippen molar-refractivity contribution in [3.05, 3.63) is 0 Å². The van der Waals surface area contributed by atoms with E-state index >= 15 is 0 Å². The molecule has 1 aliphatic heterocycles. The predicted molar refractivity (Wildman–Crippen MR) is 29.8 cm³/mol. The van der Waals surface area contributed by atoms with Crippen molar-refractivity contribution < 1.29 is 0 Å². The van der Waals surface area contributed by atoms with E-state index in [4.69, 9.17) is 0 Å². The van der Waals surface area contributed by atoms with Crippen molar-refractivity contribution in [2.45, 2.75) is 6.92 Å². The van der Waals surface area contributed by atoms with Gasteiger partial charge in [0.2, 0.25) is 0 Å². The first kappa shape index (κ1) is 3.49. The number of hydrogen-bond donors (Lipinski definition) is 0. The van der Waals surface area contributed by atoms with Gasteiger partial charge in [0.15, 0.2) is 0 Å². The van der Waals surface area contributed by atoms with Crippen molar-refractivity contribution in [1.29, 1.82) is 0 Å². The highest BCUT2D eigenvalue weighted by Crippen LogP contribution is 2.31. The van der Waals surface area contributed by atoms with Gasteiger partial charge in [-0.2, -0.15) is 0 Å². The Bertz CT molecular complexity index is 64.0. The van der Waals surface area contributed by atoms with Gasteiger partial charge in [-0.15, -0.1) is 7.55 Å². The van der Waals surface area contributed by atoms with Crippen LogP contribution in [0.5, 0.6) is 0 Å². The summed E-state index contributed by atoms with van der Waals surface area (Å²) in [7, 11) is 0.251. The van der Waals surface area contributed by atoms with Crippen LogP contribution in [0.4, 0.5) is 0 Å². The molecular weight excluding hydrogens is 79.0 g/mol. The molecule has 5 heavy (non-hydrogen) atoms. The Morgan fingerprint density at radius 1 is 2.00 bits per heavy atom. The SMILES string of the molecule is CC[PH]1=CC1. The quantitative estimate of drug-likeness (QED) is 0.420. The van der Waals surface area contributed by atoms with Crippen molar-refractivity contribution in [3.8, 4) is 0 Å². The summed E-state index contributed by atoms with van der Waals surface area (Å²) in [5.74, 6) is 2.45. The van der Waals surface area contributed by atoms with E-state index < -0.39 is 0 Å². The minimum absolute atomic E-state index is 0.251. The second-order valence-electron chi connectivity index (χ2n) is 1.42. The largest absolute Gasteiger partial charge is 0.118 e. The lowest BCUT2D eigenvalue weighted by atomic mass is 11.0. The third-order valence-electron chi connectivity index (χ3n) is 0.947. The molecule has 1 heteroatoms. The Morgan fingerprint density at radius 2 is 2.60 bits per heavy atom. The van der Waals surface area contributed by atoms with E-state index in [0.717, 1.165) is 0 Å². The lowest BCUT2D eigenvalue weighted by Crippen LogP contribution is -1.47. The maximum atomic E-state index is 2.45. The van der Waals surface area contributed by atoms with E-state index in [1.165, 1.54) is 12.3 Å². The van der Waals surface area contributed by atoms with Crippen LogP contribution >= 0.6 is 7.55 Å². The molecule has 0 radical (unpaired) electrons. The fourth-order valence-corrected chi connectivity index (χ4v) is 1.52. The Hall–Kier alpha value is 0.300. The first-order chi connectivity index (χ1) is 2.43. The molecule has 30 valence electrons. The van der Waals surface area contributed by atoms with Crippen molar-refractivity contribution in [3.63, 3.8) is 0 Å². The molecule has 0 bridgehead atoms. The molecule has 0 nitrogen and oxygen atoms in total. The van der Waals surface area contributed by atoms with E-state index in [-0.39, 0.29) is 7.55 Å². The molecule has 0 aromatic carbocycles. The van der Waals surface area contributed by atoms with Crippen molar-refractivity contribution in [2.24, 2.45) is 0 Å². The minimum atomic E-state index is 0.251. The molecule has 1 rings (SSSR count). The van der Waals surface area contributed by atoms with Gasteiger partial charge < -0.3 is 0 Å². The molecule has 1 atom stereocenters. The lowest BCUT2D eigenvalue weighted by Gasteiger charge is -1.69. The zero-order chi connectivity index (χ0) is 3.70. The summed E-state index contributed by atoms with van der Waals surface area (Å²) in [5.41, 5.74) is 0. The van der Waals surface area contributed by atoms with Crippen LogP contribution in [-0.4, -0.2) is 18.1 Å². The molecule has 0 N–H and O–H groups in total. The third kappa shape index (κ3) is 0.810. The van der Waals surface area contributed by atoms with Gasteiger partial charge in [-0.05, 0) is 12.3 Å². The Balaban J connectivity index is 2.22. The van der Waals surface area contributed by atoms with Gasteiger partial charge in [-0.25, -0.2) is 0 Å². The van der Waals surface area contributed by atoms with Gasteiger partial charge in [0.25, 0.3) is 0 Å². The molecule has 0 amide bonds. The Morgan fingerprint density at radius 3 is 2.60 bits per heavy atom. The van der Waals surface area contributed by atoms with E-state index in [2.05, 4.69) is 12.7 Å². The highest BCUT2D eigenvalue weighted by Gasteiger charge is 1.98. The van der Waals surface area contributed by atoms with Crippen LogP contribution in [0.25, 0.3) is 0 Å². The zero-order valence-corrected chi connectivity index (χ0v) is 4.49. The van der Waals surface area contributed by atoms with Gasteiger partial charge in [-0.1, -0.05) is 12.7 Å². The molecule has 1 unspecified atom stereocenters. The summed E-state index contributed by atoms with van der Waals surface area (Å²) in [5, 5.41) is 0. The number of hydrogen-bond acceptors (Lipinski definition) is 0. The van der Waals surface area contributed by atoms with Gasteiger partial charge in [0.1, 0.15) is 0 Å². The van der Waals surface area contributed by atoms with Crippen LogP contribution < -0.4 is 0 Å². The molecule has 0 aromatic heterocycles. The number of rotatable bonds is 1. The van der Waals surface area contributed by atoms with Crippen LogP contribution in [0.15, 0.2) is 0 Å². The molecule has 0 saturated carbocycles. The third-order valence-corrected chi connectivity index (χ3v) is 2.84. The van der Waals surface area contributed by atoms with Crippen molar-refractivity contribution in [2.75, 3.05) is 12.3 Å². The Labute approximate surface area is 33.6 Å². The standard InChI is InChI=1S/C4H9P/c1-2-5-3-4-5/h3,5H,2,4H2,1H3. The second kappa shape index (κ2) is 1.18. The molecular formula is C4H9P. The summed E-state index contributed by atoms with van der Waals surface area (Å²) < 4.78 is 0. The fraction of sp³-hybridized carbons (Fsp3) is 0.750. The Kier molecular flexibility index (Phi) is 0.823. The van der Waals surface area contributed by atoms with E-state index in [1.807, 2.05) is 0 Å². The monoisotopic (exact) mass is 88.0 g/mol. The summed E-state index contributed by atoms with van der Waals surface area (Å²) in [6.07, 6.45) is 2.95. The van der Waals surface area contributed by atoms with Gasteiger partial charge in [-0.3, -0.25) is 0 Å². The molecule has 0 aliphatic carbocycles. The van der Waals surface area contributed by atoms with Crippen molar-refractivity contribution in [1.82, 2.24) is 0 Å². The second-order valence-corrected chi connectivity index (χ2v) is 4.26. The average Bonchev–Trinajstić information content (AvgIpc) is 2.12. The van der Waals surface area contributed by atoms with Gasteiger partial charge in [0.05, 0.1) is 0 Å². The zero-order valence-electron chi connectivity index (χ0n) is 3.49. The first-order valence-electron chi connectivity index (χ1n) is 2.11. The van der Waals surface area contributed by atoms with Gasteiger partial charge in [0, 0.05) is 0 Å². The summed E-state index contributed by atoms with van der Waals surface area (Å²) in [4.78, 5) is 0. The van der Waals surface area contributed by atoms with Crippen LogP contribution in [0, 0.1) is 0 Å². The van der Waals surface area contributed by atoms with Crippen molar-refractivity contribution >= 4 is 13.3 Å². The van der Waals surface area contributed by atoms with E-state index in [0.29, 0.717) is 0 Å². The van der Waals surface area contributed by atoms with Crippen LogP contribution in [0.2, 0.25) is 0 Å². The maximum Gasteiger partial charge on any atom is -0.0172 e. The predicted octanol–water partition coefficient (Wildman–Crippen LogP) is 1.04. The molecule has 1 aliphatic rings. The fourth-order valence-electron chi connectivity index (χ4n) is 0.361. The van der Waals surface area contributed by atoms with Gasteiger partial charge >= 0.3 is 0 Å². The van der Waals surface area contributed by atoms with Crippen LogP contribution in [-0.2, 0) is 0 Å². The van der Waals surface area contributed by atoms with Crippen LogP contribution in [0.1, 0.15) is 6.92 Å². The normalized spacial score (nSPS) is 32.6. The smallest absolute Gasteiger partial charge is 0.0172 e. The van der Waals surface area contributed by atoms with E-state index in [1.54, 1.807) is 0 Å².